The van der Waals surface area contributed by atoms with E-state index in [1.54, 1.807) is 7.05 Å². The van der Waals surface area contributed by atoms with Crippen LogP contribution in [0.1, 0.15) is 31.2 Å². The summed E-state index contributed by atoms with van der Waals surface area (Å²) in [4.78, 5) is 21.5. The molecule has 0 aromatic heterocycles. The van der Waals surface area contributed by atoms with Gasteiger partial charge in [-0.15, -0.1) is 0 Å². The molecule has 6 heteroatoms. The first-order valence-electron chi connectivity index (χ1n) is 9.50. The van der Waals surface area contributed by atoms with Crippen molar-refractivity contribution in [1.29, 1.82) is 0 Å². The van der Waals surface area contributed by atoms with Gasteiger partial charge >= 0.3 is 0 Å². The van der Waals surface area contributed by atoms with E-state index in [0.29, 0.717) is 32.8 Å². The summed E-state index contributed by atoms with van der Waals surface area (Å²) in [5, 5.41) is 3.39. The summed E-state index contributed by atoms with van der Waals surface area (Å²) in [5.41, 5.74) is 1.03. The lowest BCUT2D eigenvalue weighted by Gasteiger charge is -2.31. The maximum Gasteiger partial charge on any atom is 0.232 e. The van der Waals surface area contributed by atoms with Gasteiger partial charge in [-0.3, -0.25) is 9.79 Å². The highest BCUT2D eigenvalue weighted by Gasteiger charge is 2.27. The van der Waals surface area contributed by atoms with Gasteiger partial charge in [0.25, 0.3) is 0 Å². The summed E-state index contributed by atoms with van der Waals surface area (Å²) in [6.07, 6.45) is 2.26. The molecular formula is C20H32N4O2. The summed E-state index contributed by atoms with van der Waals surface area (Å²) in [5.74, 6) is 0.749. The van der Waals surface area contributed by atoms with Crippen LogP contribution in [0.4, 0.5) is 0 Å². The average Bonchev–Trinajstić information content (AvgIpc) is 2.70. The minimum absolute atomic E-state index is 0.152. The van der Waals surface area contributed by atoms with Crippen LogP contribution in [0.3, 0.4) is 0 Å². The Bertz CT molecular complexity index is 570. The largest absolute Gasteiger partial charge is 0.378 e. The second kappa shape index (κ2) is 10.8. The molecular weight excluding hydrogens is 328 g/mol. The molecule has 1 fully saturated rings. The molecule has 0 spiro atoms. The predicted molar refractivity (Wildman–Crippen MR) is 105 cm³/mol. The number of guanidine groups is 1. The van der Waals surface area contributed by atoms with Crippen LogP contribution in [0.2, 0.25) is 0 Å². The fourth-order valence-electron chi connectivity index (χ4n) is 3.12. The van der Waals surface area contributed by atoms with Gasteiger partial charge in [0.05, 0.1) is 19.1 Å². The highest BCUT2D eigenvalue weighted by molar-refractivity contribution is 5.86. The molecule has 26 heavy (non-hydrogen) atoms. The molecule has 0 bridgehead atoms. The monoisotopic (exact) mass is 360 g/mol. The molecule has 1 aromatic rings. The second-order valence-corrected chi connectivity index (χ2v) is 6.60. The Labute approximate surface area is 157 Å². The number of amides is 1. The van der Waals surface area contributed by atoms with Gasteiger partial charge in [0.1, 0.15) is 0 Å². The number of aliphatic imine (C=N–C) groups is 1. The number of benzene rings is 1. The van der Waals surface area contributed by atoms with Gasteiger partial charge < -0.3 is 19.9 Å². The fourth-order valence-corrected chi connectivity index (χ4v) is 3.12. The second-order valence-electron chi connectivity index (χ2n) is 6.60. The fraction of sp³-hybridized carbons (Fsp3) is 0.600. The Morgan fingerprint density at radius 2 is 2.00 bits per heavy atom. The Hall–Kier alpha value is -2.08. The lowest BCUT2D eigenvalue weighted by Crippen LogP contribution is -2.47. The van der Waals surface area contributed by atoms with Crippen molar-refractivity contribution >= 4 is 11.9 Å². The normalized spacial score (nSPS) is 16.3. The van der Waals surface area contributed by atoms with Crippen LogP contribution in [-0.4, -0.2) is 75.2 Å². The highest BCUT2D eigenvalue weighted by Crippen LogP contribution is 2.19. The smallest absolute Gasteiger partial charge is 0.232 e. The van der Waals surface area contributed by atoms with E-state index in [0.717, 1.165) is 30.9 Å². The number of ether oxygens (including phenoxy) is 1. The number of hydrogen-bond donors (Lipinski definition) is 1. The first-order valence-corrected chi connectivity index (χ1v) is 9.50. The van der Waals surface area contributed by atoms with Crippen LogP contribution in [0.5, 0.6) is 0 Å². The average molecular weight is 361 g/mol. The lowest BCUT2D eigenvalue weighted by atomic mass is 9.97. The summed E-state index contributed by atoms with van der Waals surface area (Å²) in [7, 11) is 3.82. The molecule has 1 aliphatic rings. The van der Waals surface area contributed by atoms with Crippen molar-refractivity contribution in [1.82, 2.24) is 15.1 Å². The molecule has 1 saturated heterocycles. The van der Waals surface area contributed by atoms with Crippen LogP contribution >= 0.6 is 0 Å². The SMILES string of the molecule is CCCCN(C)C(=NC)NCC(C(=O)N1CCOCC1)c1ccccc1. The molecule has 1 N–H and O–H groups in total. The number of nitrogens with zero attached hydrogens (tertiary/aromatic N) is 3. The Balaban J connectivity index is 2.07. The van der Waals surface area contributed by atoms with Crippen LogP contribution < -0.4 is 5.32 Å². The Kier molecular flexibility index (Phi) is 8.41. The van der Waals surface area contributed by atoms with Gasteiger partial charge in [0.15, 0.2) is 5.96 Å². The maximum absolute atomic E-state index is 13.1. The first kappa shape index (κ1) is 20.2. The Morgan fingerprint density at radius 1 is 1.31 bits per heavy atom. The maximum atomic E-state index is 13.1. The first-order chi connectivity index (χ1) is 12.7. The molecule has 1 amide bonds. The number of carbonyl (C=O) groups excluding carboxylic acids is 1. The zero-order chi connectivity index (χ0) is 18.8. The molecule has 0 saturated carbocycles. The third-order valence-corrected chi connectivity index (χ3v) is 4.71. The number of nitrogens with one attached hydrogen (secondary N) is 1. The number of unbranched alkanes of at least 4 members (excludes halogenated alkanes) is 1. The number of rotatable bonds is 7. The number of carbonyl (C=O) groups is 1. The summed E-state index contributed by atoms with van der Waals surface area (Å²) < 4.78 is 5.38. The van der Waals surface area contributed by atoms with Gasteiger partial charge in [-0.2, -0.15) is 0 Å². The minimum Gasteiger partial charge on any atom is -0.378 e. The van der Waals surface area contributed by atoms with Gasteiger partial charge in [0, 0.05) is 40.3 Å². The molecule has 1 aromatic carbocycles. The highest BCUT2D eigenvalue weighted by atomic mass is 16.5. The van der Waals surface area contributed by atoms with Crippen molar-refractivity contribution in [3.8, 4) is 0 Å². The van der Waals surface area contributed by atoms with Gasteiger partial charge in [-0.1, -0.05) is 43.7 Å². The van der Waals surface area contributed by atoms with Crippen LogP contribution in [-0.2, 0) is 9.53 Å². The molecule has 1 heterocycles. The molecule has 1 aliphatic heterocycles. The van der Waals surface area contributed by atoms with E-state index >= 15 is 0 Å². The minimum atomic E-state index is -0.231. The van der Waals surface area contributed by atoms with E-state index in [1.807, 2.05) is 42.3 Å². The van der Waals surface area contributed by atoms with E-state index in [2.05, 4.69) is 22.1 Å². The van der Waals surface area contributed by atoms with E-state index in [1.165, 1.54) is 0 Å². The van der Waals surface area contributed by atoms with Crippen molar-refractivity contribution < 1.29 is 9.53 Å². The van der Waals surface area contributed by atoms with Gasteiger partial charge in [-0.25, -0.2) is 0 Å². The van der Waals surface area contributed by atoms with Gasteiger partial charge in [0.2, 0.25) is 5.91 Å². The van der Waals surface area contributed by atoms with Crippen LogP contribution in [0, 0.1) is 0 Å². The van der Waals surface area contributed by atoms with E-state index in [-0.39, 0.29) is 11.8 Å². The van der Waals surface area contributed by atoms with E-state index < -0.39 is 0 Å². The third-order valence-electron chi connectivity index (χ3n) is 4.71. The summed E-state index contributed by atoms with van der Waals surface area (Å²) in [6.45, 7) is 6.20. The molecule has 0 radical (unpaired) electrons. The third kappa shape index (κ3) is 5.73. The zero-order valence-corrected chi connectivity index (χ0v) is 16.3. The molecule has 144 valence electrons. The Morgan fingerprint density at radius 3 is 2.62 bits per heavy atom. The van der Waals surface area contributed by atoms with E-state index in [4.69, 9.17) is 4.74 Å². The van der Waals surface area contributed by atoms with Crippen LogP contribution in [0.25, 0.3) is 0 Å². The zero-order valence-electron chi connectivity index (χ0n) is 16.3. The molecule has 1 atom stereocenters. The molecule has 2 rings (SSSR count). The summed E-state index contributed by atoms with van der Waals surface area (Å²) in [6, 6.07) is 9.99. The van der Waals surface area contributed by atoms with Crippen LogP contribution in [0.15, 0.2) is 35.3 Å². The van der Waals surface area contributed by atoms with Gasteiger partial charge in [-0.05, 0) is 12.0 Å². The van der Waals surface area contributed by atoms with Crippen molar-refractivity contribution in [2.45, 2.75) is 25.7 Å². The van der Waals surface area contributed by atoms with Crippen molar-refractivity contribution in [2.24, 2.45) is 4.99 Å². The number of hydrogen-bond acceptors (Lipinski definition) is 3. The standard InChI is InChI=1S/C20H32N4O2/c1-4-5-11-23(3)20(21-2)22-16-18(17-9-7-6-8-10-17)19(25)24-12-14-26-15-13-24/h6-10,18H,4-5,11-16H2,1-3H3,(H,21,22). The predicted octanol–water partition coefficient (Wildman–Crippen LogP) is 1.94. The topological polar surface area (TPSA) is 57.2 Å². The summed E-state index contributed by atoms with van der Waals surface area (Å²) >= 11 is 0. The van der Waals surface area contributed by atoms with Crippen molar-refractivity contribution in [3.05, 3.63) is 35.9 Å². The van der Waals surface area contributed by atoms with Crippen molar-refractivity contribution in [2.75, 3.05) is 53.5 Å². The molecule has 6 nitrogen and oxygen atoms in total. The lowest BCUT2D eigenvalue weighted by molar-refractivity contribution is -0.136. The molecule has 0 aliphatic carbocycles. The molecule has 1 unspecified atom stereocenters. The number of morpholine rings is 1. The quantitative estimate of drug-likeness (QED) is 0.596. The van der Waals surface area contributed by atoms with Crippen molar-refractivity contribution in [3.63, 3.8) is 0 Å². The van der Waals surface area contributed by atoms with E-state index in [9.17, 15) is 4.79 Å².